The van der Waals surface area contributed by atoms with Crippen molar-refractivity contribution in [1.29, 1.82) is 0 Å². The van der Waals surface area contributed by atoms with Crippen LogP contribution in [0.5, 0.6) is 0 Å². The van der Waals surface area contributed by atoms with E-state index in [4.69, 9.17) is 0 Å². The Morgan fingerprint density at radius 2 is 2.00 bits per heavy atom. The van der Waals surface area contributed by atoms with Gasteiger partial charge in [0.2, 0.25) is 0 Å². The zero-order chi connectivity index (χ0) is 11.5. The number of thioether (sulfide) groups is 1. The summed E-state index contributed by atoms with van der Waals surface area (Å²) in [5, 5.41) is 6.99. The van der Waals surface area contributed by atoms with E-state index in [1.807, 2.05) is 0 Å². The molecular formula is C15H17NS. The Labute approximate surface area is 107 Å². The summed E-state index contributed by atoms with van der Waals surface area (Å²) in [4.78, 5) is 0. The summed E-state index contributed by atoms with van der Waals surface area (Å²) in [5.74, 6) is 1.34. The topological polar surface area (TPSA) is 12.0 Å². The molecule has 3 rings (SSSR count). The molecule has 0 aromatic heterocycles. The number of anilines is 1. The van der Waals surface area contributed by atoms with Crippen molar-refractivity contribution in [3.05, 3.63) is 42.5 Å². The van der Waals surface area contributed by atoms with Gasteiger partial charge >= 0.3 is 0 Å². The van der Waals surface area contributed by atoms with Gasteiger partial charge in [-0.25, -0.2) is 0 Å². The summed E-state index contributed by atoms with van der Waals surface area (Å²) >= 11 is 2.10. The zero-order valence-electron chi connectivity index (χ0n) is 9.86. The lowest BCUT2D eigenvalue weighted by Gasteiger charge is -2.11. The Balaban J connectivity index is 1.72. The Morgan fingerprint density at radius 3 is 2.82 bits per heavy atom. The largest absolute Gasteiger partial charge is 0.384 e. The number of nitrogens with one attached hydrogen (secondary N) is 1. The molecule has 0 aliphatic carbocycles. The molecule has 1 saturated heterocycles. The molecule has 2 aromatic rings. The Kier molecular flexibility index (Phi) is 3.23. The SMILES string of the molecule is c1ccc2cc(NCC3CCCS3)ccc2c1. The minimum Gasteiger partial charge on any atom is -0.384 e. The van der Waals surface area contributed by atoms with Gasteiger partial charge in [-0.3, -0.25) is 0 Å². The average Bonchev–Trinajstić information content (AvgIpc) is 2.89. The third-order valence-electron chi connectivity index (χ3n) is 3.31. The van der Waals surface area contributed by atoms with Gasteiger partial charge in [-0.05, 0) is 41.5 Å². The molecule has 1 atom stereocenters. The molecule has 0 amide bonds. The van der Waals surface area contributed by atoms with E-state index in [2.05, 4.69) is 59.5 Å². The quantitative estimate of drug-likeness (QED) is 0.869. The maximum Gasteiger partial charge on any atom is 0.0346 e. The molecule has 1 fully saturated rings. The smallest absolute Gasteiger partial charge is 0.0346 e. The van der Waals surface area contributed by atoms with E-state index < -0.39 is 0 Å². The van der Waals surface area contributed by atoms with E-state index in [9.17, 15) is 0 Å². The van der Waals surface area contributed by atoms with Gasteiger partial charge in [0.15, 0.2) is 0 Å². The standard InChI is InChI=1S/C15H17NS/c1-2-5-13-10-14(8-7-12(13)4-1)16-11-15-6-3-9-17-15/h1-2,4-5,7-8,10,15-16H,3,6,9,11H2. The molecule has 1 heterocycles. The van der Waals surface area contributed by atoms with Crippen molar-refractivity contribution >= 4 is 28.2 Å². The molecule has 1 aliphatic rings. The van der Waals surface area contributed by atoms with Crippen molar-refractivity contribution < 1.29 is 0 Å². The van der Waals surface area contributed by atoms with Gasteiger partial charge in [0.05, 0.1) is 0 Å². The van der Waals surface area contributed by atoms with Crippen molar-refractivity contribution in [3.8, 4) is 0 Å². The number of rotatable bonds is 3. The number of fused-ring (bicyclic) bond motifs is 1. The van der Waals surface area contributed by atoms with Gasteiger partial charge in [0.1, 0.15) is 0 Å². The van der Waals surface area contributed by atoms with E-state index >= 15 is 0 Å². The molecule has 0 spiro atoms. The van der Waals surface area contributed by atoms with Crippen LogP contribution < -0.4 is 5.32 Å². The Bertz CT molecular complexity index is 503. The third-order valence-corrected chi connectivity index (χ3v) is 4.71. The molecule has 0 radical (unpaired) electrons. The molecule has 0 saturated carbocycles. The molecule has 2 aromatic carbocycles. The predicted molar refractivity (Wildman–Crippen MR) is 77.9 cm³/mol. The van der Waals surface area contributed by atoms with Gasteiger partial charge in [0, 0.05) is 17.5 Å². The highest BCUT2D eigenvalue weighted by atomic mass is 32.2. The normalized spacial score (nSPS) is 19.6. The van der Waals surface area contributed by atoms with Gasteiger partial charge in [-0.15, -0.1) is 0 Å². The number of hydrogen-bond donors (Lipinski definition) is 1. The molecule has 2 heteroatoms. The number of hydrogen-bond acceptors (Lipinski definition) is 2. The summed E-state index contributed by atoms with van der Waals surface area (Å²) in [6.45, 7) is 1.10. The van der Waals surface area contributed by atoms with Gasteiger partial charge < -0.3 is 5.32 Å². The lowest BCUT2D eigenvalue weighted by molar-refractivity contribution is 0.805. The predicted octanol–water partition coefficient (Wildman–Crippen LogP) is 4.15. The van der Waals surface area contributed by atoms with Crippen LogP contribution in [0.1, 0.15) is 12.8 Å². The fourth-order valence-corrected chi connectivity index (χ4v) is 3.54. The fourth-order valence-electron chi connectivity index (χ4n) is 2.34. The lowest BCUT2D eigenvalue weighted by atomic mass is 10.1. The molecule has 1 unspecified atom stereocenters. The van der Waals surface area contributed by atoms with Crippen LogP contribution in [-0.2, 0) is 0 Å². The van der Waals surface area contributed by atoms with Crippen LogP contribution in [0.4, 0.5) is 5.69 Å². The van der Waals surface area contributed by atoms with Crippen molar-refractivity contribution in [2.24, 2.45) is 0 Å². The maximum atomic E-state index is 3.56. The van der Waals surface area contributed by atoms with Crippen molar-refractivity contribution in [2.75, 3.05) is 17.6 Å². The summed E-state index contributed by atoms with van der Waals surface area (Å²) in [7, 11) is 0. The molecule has 88 valence electrons. The maximum absolute atomic E-state index is 3.56. The average molecular weight is 243 g/mol. The van der Waals surface area contributed by atoms with Crippen LogP contribution in [0.25, 0.3) is 10.8 Å². The first kappa shape index (κ1) is 11.0. The molecule has 1 aliphatic heterocycles. The highest BCUT2D eigenvalue weighted by Gasteiger charge is 2.14. The summed E-state index contributed by atoms with van der Waals surface area (Å²) in [5.41, 5.74) is 1.25. The van der Waals surface area contributed by atoms with Crippen LogP contribution in [0, 0.1) is 0 Å². The van der Waals surface area contributed by atoms with Gasteiger partial charge in [-0.2, -0.15) is 11.8 Å². The Morgan fingerprint density at radius 1 is 1.12 bits per heavy atom. The molecule has 1 N–H and O–H groups in total. The second kappa shape index (κ2) is 5.01. The fraction of sp³-hybridized carbons (Fsp3) is 0.333. The van der Waals surface area contributed by atoms with Crippen molar-refractivity contribution in [3.63, 3.8) is 0 Å². The van der Waals surface area contributed by atoms with Gasteiger partial charge in [-0.1, -0.05) is 30.3 Å². The van der Waals surface area contributed by atoms with E-state index in [1.54, 1.807) is 0 Å². The highest BCUT2D eigenvalue weighted by molar-refractivity contribution is 8.00. The molecule has 1 nitrogen and oxygen atoms in total. The lowest BCUT2D eigenvalue weighted by Crippen LogP contribution is -2.13. The first-order chi connectivity index (χ1) is 8.42. The van der Waals surface area contributed by atoms with Crippen LogP contribution in [0.2, 0.25) is 0 Å². The van der Waals surface area contributed by atoms with E-state index in [0.717, 1.165) is 11.8 Å². The first-order valence-corrected chi connectivity index (χ1v) is 7.31. The summed E-state index contributed by atoms with van der Waals surface area (Å²) in [6.07, 6.45) is 2.75. The van der Waals surface area contributed by atoms with Crippen LogP contribution in [-0.4, -0.2) is 17.5 Å². The molecule has 0 bridgehead atoms. The minimum atomic E-state index is 0.807. The summed E-state index contributed by atoms with van der Waals surface area (Å²) < 4.78 is 0. The van der Waals surface area contributed by atoms with E-state index in [1.165, 1.54) is 35.1 Å². The van der Waals surface area contributed by atoms with E-state index in [0.29, 0.717) is 0 Å². The monoisotopic (exact) mass is 243 g/mol. The second-order valence-corrected chi connectivity index (χ2v) is 5.99. The highest BCUT2D eigenvalue weighted by Crippen LogP contribution is 2.26. The minimum absolute atomic E-state index is 0.807. The zero-order valence-corrected chi connectivity index (χ0v) is 10.7. The van der Waals surface area contributed by atoms with Crippen molar-refractivity contribution in [2.45, 2.75) is 18.1 Å². The second-order valence-electron chi connectivity index (χ2n) is 4.58. The first-order valence-electron chi connectivity index (χ1n) is 6.26. The Hall–Kier alpha value is -1.15. The van der Waals surface area contributed by atoms with Gasteiger partial charge in [0.25, 0.3) is 0 Å². The number of benzene rings is 2. The van der Waals surface area contributed by atoms with E-state index in [-0.39, 0.29) is 0 Å². The molecular weight excluding hydrogens is 226 g/mol. The summed E-state index contributed by atoms with van der Waals surface area (Å²) in [6, 6.07) is 15.1. The van der Waals surface area contributed by atoms with Crippen LogP contribution in [0.15, 0.2) is 42.5 Å². The van der Waals surface area contributed by atoms with Crippen LogP contribution >= 0.6 is 11.8 Å². The molecule has 17 heavy (non-hydrogen) atoms. The third kappa shape index (κ3) is 2.58. The van der Waals surface area contributed by atoms with Crippen molar-refractivity contribution in [1.82, 2.24) is 0 Å². The van der Waals surface area contributed by atoms with Crippen LogP contribution in [0.3, 0.4) is 0 Å².